The SMILES string of the molecule is CCCS(=O)(=O)c1ccc(OC(F)F)cc1. The normalized spacial score (nSPS) is 11.8. The van der Waals surface area contributed by atoms with Gasteiger partial charge in [0.1, 0.15) is 5.75 Å². The van der Waals surface area contributed by atoms with Crippen molar-refractivity contribution in [3.8, 4) is 5.75 Å². The first kappa shape index (κ1) is 12.9. The van der Waals surface area contributed by atoms with Crippen LogP contribution in [0.5, 0.6) is 5.75 Å². The first-order chi connectivity index (χ1) is 7.45. The molecule has 0 aliphatic heterocycles. The Morgan fingerprint density at radius 2 is 1.81 bits per heavy atom. The maximum atomic E-state index is 11.8. The van der Waals surface area contributed by atoms with Crippen molar-refractivity contribution >= 4 is 9.84 Å². The van der Waals surface area contributed by atoms with E-state index in [1.54, 1.807) is 6.92 Å². The van der Waals surface area contributed by atoms with Crippen molar-refractivity contribution in [3.63, 3.8) is 0 Å². The van der Waals surface area contributed by atoms with Gasteiger partial charge in [0.05, 0.1) is 10.6 Å². The summed E-state index contributed by atoms with van der Waals surface area (Å²) in [6.45, 7) is -1.15. The Morgan fingerprint density at radius 3 is 2.25 bits per heavy atom. The molecule has 90 valence electrons. The third-order valence-corrected chi connectivity index (χ3v) is 3.82. The first-order valence-electron chi connectivity index (χ1n) is 4.73. The van der Waals surface area contributed by atoms with Gasteiger partial charge in [0.2, 0.25) is 0 Å². The Bertz CT molecular complexity index is 426. The van der Waals surface area contributed by atoms with E-state index in [-0.39, 0.29) is 16.4 Å². The molecule has 0 aliphatic carbocycles. The van der Waals surface area contributed by atoms with E-state index in [1.807, 2.05) is 0 Å². The standard InChI is InChI=1S/C10H12F2O3S/c1-2-7-16(13,14)9-5-3-8(4-6-9)15-10(11)12/h3-6,10H,2,7H2,1H3. The molecule has 16 heavy (non-hydrogen) atoms. The molecular formula is C10H12F2O3S. The summed E-state index contributed by atoms with van der Waals surface area (Å²) in [5.41, 5.74) is 0. The van der Waals surface area contributed by atoms with Gasteiger partial charge in [0.25, 0.3) is 0 Å². The molecule has 6 heteroatoms. The van der Waals surface area contributed by atoms with Gasteiger partial charge in [-0.2, -0.15) is 8.78 Å². The molecule has 0 spiro atoms. The van der Waals surface area contributed by atoms with Crippen molar-refractivity contribution in [1.29, 1.82) is 0 Å². The monoisotopic (exact) mass is 250 g/mol. The minimum absolute atomic E-state index is 0.0437. The zero-order valence-corrected chi connectivity index (χ0v) is 9.51. The minimum atomic E-state index is -3.30. The highest BCUT2D eigenvalue weighted by molar-refractivity contribution is 7.91. The lowest BCUT2D eigenvalue weighted by atomic mass is 10.3. The molecule has 0 aromatic heterocycles. The Labute approximate surface area is 93.0 Å². The zero-order valence-electron chi connectivity index (χ0n) is 8.69. The predicted octanol–water partition coefficient (Wildman–Crippen LogP) is 2.47. The molecule has 0 bridgehead atoms. The third-order valence-electron chi connectivity index (χ3n) is 1.88. The van der Waals surface area contributed by atoms with Crippen LogP contribution in [0.15, 0.2) is 29.2 Å². The summed E-state index contributed by atoms with van der Waals surface area (Å²) < 4.78 is 50.9. The molecule has 0 saturated carbocycles. The molecule has 1 aromatic carbocycles. The van der Waals surface area contributed by atoms with Crippen LogP contribution in [0.3, 0.4) is 0 Å². The van der Waals surface area contributed by atoms with E-state index in [0.29, 0.717) is 6.42 Å². The summed E-state index contributed by atoms with van der Waals surface area (Å²) in [7, 11) is -3.30. The molecule has 1 rings (SSSR count). The molecule has 0 N–H and O–H groups in total. The second kappa shape index (κ2) is 5.25. The van der Waals surface area contributed by atoms with E-state index >= 15 is 0 Å². The van der Waals surface area contributed by atoms with Gasteiger partial charge in [-0.15, -0.1) is 0 Å². The smallest absolute Gasteiger partial charge is 0.387 e. The van der Waals surface area contributed by atoms with Crippen molar-refractivity contribution < 1.29 is 21.9 Å². The number of rotatable bonds is 5. The lowest BCUT2D eigenvalue weighted by Crippen LogP contribution is -2.06. The maximum absolute atomic E-state index is 11.8. The second-order valence-corrected chi connectivity index (χ2v) is 5.28. The fourth-order valence-corrected chi connectivity index (χ4v) is 2.54. The van der Waals surface area contributed by atoms with Gasteiger partial charge in [0, 0.05) is 0 Å². The summed E-state index contributed by atoms with van der Waals surface area (Å²) in [5.74, 6) is -0.00681. The van der Waals surface area contributed by atoms with Crippen molar-refractivity contribution in [2.24, 2.45) is 0 Å². The van der Waals surface area contributed by atoms with E-state index in [2.05, 4.69) is 4.74 Å². The van der Waals surface area contributed by atoms with Crippen molar-refractivity contribution in [2.75, 3.05) is 5.75 Å². The largest absolute Gasteiger partial charge is 0.435 e. The summed E-state index contributed by atoms with van der Waals surface area (Å²) in [5, 5.41) is 0. The molecule has 0 unspecified atom stereocenters. The van der Waals surface area contributed by atoms with E-state index < -0.39 is 16.4 Å². The third kappa shape index (κ3) is 3.44. The van der Waals surface area contributed by atoms with Crippen LogP contribution in [0.25, 0.3) is 0 Å². The van der Waals surface area contributed by atoms with Crippen LogP contribution in [0, 0.1) is 0 Å². The van der Waals surface area contributed by atoms with Gasteiger partial charge < -0.3 is 4.74 Å². The average molecular weight is 250 g/mol. The molecule has 3 nitrogen and oxygen atoms in total. The summed E-state index contributed by atoms with van der Waals surface area (Å²) in [6, 6.07) is 4.97. The minimum Gasteiger partial charge on any atom is -0.435 e. The van der Waals surface area contributed by atoms with Crippen LogP contribution in [0.1, 0.15) is 13.3 Å². The Hall–Kier alpha value is -1.17. The number of sulfone groups is 1. The molecule has 0 amide bonds. The fourth-order valence-electron chi connectivity index (χ4n) is 1.21. The van der Waals surface area contributed by atoms with Gasteiger partial charge in [0.15, 0.2) is 9.84 Å². The molecule has 0 heterocycles. The lowest BCUT2D eigenvalue weighted by molar-refractivity contribution is -0.0498. The molecule has 0 saturated heterocycles. The number of halogens is 2. The predicted molar refractivity (Wildman–Crippen MR) is 55.4 cm³/mol. The first-order valence-corrected chi connectivity index (χ1v) is 6.38. The molecule has 0 radical (unpaired) electrons. The number of hydrogen-bond donors (Lipinski definition) is 0. The lowest BCUT2D eigenvalue weighted by Gasteiger charge is -2.06. The topological polar surface area (TPSA) is 43.4 Å². The number of ether oxygens (including phenoxy) is 1. The number of hydrogen-bond acceptors (Lipinski definition) is 3. The Kier molecular flexibility index (Phi) is 4.23. The van der Waals surface area contributed by atoms with Crippen LogP contribution in [-0.4, -0.2) is 20.8 Å². The van der Waals surface area contributed by atoms with Crippen LogP contribution in [0.2, 0.25) is 0 Å². The summed E-state index contributed by atoms with van der Waals surface area (Å²) in [6.07, 6.45) is 0.512. The van der Waals surface area contributed by atoms with Crippen LogP contribution < -0.4 is 4.74 Å². The van der Waals surface area contributed by atoms with Gasteiger partial charge in [-0.05, 0) is 30.7 Å². The van der Waals surface area contributed by atoms with E-state index in [1.165, 1.54) is 24.3 Å². The van der Waals surface area contributed by atoms with Crippen molar-refractivity contribution in [3.05, 3.63) is 24.3 Å². The molecule has 0 aliphatic rings. The summed E-state index contributed by atoms with van der Waals surface area (Å²) >= 11 is 0. The average Bonchev–Trinajstić information content (AvgIpc) is 2.17. The van der Waals surface area contributed by atoms with Crippen LogP contribution in [0.4, 0.5) is 8.78 Å². The van der Waals surface area contributed by atoms with Gasteiger partial charge >= 0.3 is 6.61 Å². The quantitative estimate of drug-likeness (QED) is 0.806. The number of benzene rings is 1. The van der Waals surface area contributed by atoms with Gasteiger partial charge in [-0.3, -0.25) is 0 Å². The highest BCUT2D eigenvalue weighted by Crippen LogP contribution is 2.18. The van der Waals surface area contributed by atoms with Crippen molar-refractivity contribution in [1.82, 2.24) is 0 Å². The highest BCUT2D eigenvalue weighted by atomic mass is 32.2. The van der Waals surface area contributed by atoms with Crippen molar-refractivity contribution in [2.45, 2.75) is 24.9 Å². The maximum Gasteiger partial charge on any atom is 0.387 e. The molecule has 1 aromatic rings. The fraction of sp³-hybridized carbons (Fsp3) is 0.400. The second-order valence-electron chi connectivity index (χ2n) is 3.17. The van der Waals surface area contributed by atoms with E-state index in [9.17, 15) is 17.2 Å². The Balaban J connectivity index is 2.87. The van der Waals surface area contributed by atoms with E-state index in [4.69, 9.17) is 0 Å². The van der Waals surface area contributed by atoms with Crippen LogP contribution >= 0.6 is 0 Å². The van der Waals surface area contributed by atoms with Crippen LogP contribution in [-0.2, 0) is 9.84 Å². The highest BCUT2D eigenvalue weighted by Gasteiger charge is 2.13. The van der Waals surface area contributed by atoms with Gasteiger partial charge in [-0.25, -0.2) is 8.42 Å². The van der Waals surface area contributed by atoms with E-state index in [0.717, 1.165) is 0 Å². The molecule has 0 atom stereocenters. The molecular weight excluding hydrogens is 238 g/mol. The zero-order chi connectivity index (χ0) is 12.2. The number of alkyl halides is 2. The summed E-state index contributed by atoms with van der Waals surface area (Å²) in [4.78, 5) is 0.121. The Morgan fingerprint density at radius 1 is 1.25 bits per heavy atom. The van der Waals surface area contributed by atoms with Gasteiger partial charge in [-0.1, -0.05) is 6.92 Å². The molecule has 0 fully saturated rings.